The summed E-state index contributed by atoms with van der Waals surface area (Å²) in [6, 6.07) is -6.13. The highest BCUT2D eigenvalue weighted by Crippen LogP contribution is 2.48. The molecule has 27 heteroatoms. The maximum absolute atomic E-state index is 15.4. The first-order valence-electron chi connectivity index (χ1n) is 24.6. The molecule has 4 aliphatic heterocycles. The fourth-order valence-electron chi connectivity index (χ4n) is 9.76. The van der Waals surface area contributed by atoms with Crippen molar-refractivity contribution in [3.63, 3.8) is 0 Å². The number of nitrogens with one attached hydrogen (secondary N) is 3. The zero-order valence-corrected chi connectivity index (χ0v) is 42.3. The normalized spacial score (nSPS) is 30.2. The standard InChI is InChI=1S/C45H73N7O19S/c1-6-9-11-13-30(53)66-22-28-34(55)35(56)36(70-31(54)14-12-10-7-2)42(69-28)68-26-19-27-38(57)45(20-26)37(50-44(61)71-45)33(40(59)48-17-15-25-16-18-51(21-25)43(46)47)52(27)41(60)32(24(4)8-3)49-39(58)29(65-5)23-67-72(62,63)64/h16,24,26-29,32-38,42,55-57H,6-15,17-23H2,1-5H3,(H7,46,47,48,49,50,58,59,61,62,63,64)/t24-,26?,27?,28+,29?,32+,33?,34+,35-,36+,37?,38?,42-,45?/m0/s1. The third-order valence-electron chi connectivity index (χ3n) is 13.9. The number of unbranched alkanes of at least 4 members (excludes halogenated alkanes) is 4. The monoisotopic (exact) mass is 1050 g/mol. The predicted molar refractivity (Wildman–Crippen MR) is 247 cm³/mol. The number of rotatable bonds is 26. The second kappa shape index (κ2) is 26.0. The van der Waals surface area contributed by atoms with Crippen LogP contribution in [0.15, 0.2) is 11.6 Å². The Balaban J connectivity index is 1.52. The maximum Gasteiger partial charge on any atom is 0.408 e. The zero-order chi connectivity index (χ0) is 53.1. The summed E-state index contributed by atoms with van der Waals surface area (Å²) in [5, 5.41) is 43.1. The van der Waals surface area contributed by atoms with Gasteiger partial charge in [0, 0.05) is 32.9 Å². The van der Waals surface area contributed by atoms with E-state index in [0.29, 0.717) is 38.8 Å². The molecule has 0 radical (unpaired) electrons. The van der Waals surface area contributed by atoms with Gasteiger partial charge in [0.1, 0.15) is 55.8 Å². The molecule has 4 amide bonds. The van der Waals surface area contributed by atoms with Crippen molar-refractivity contribution in [2.75, 3.05) is 40.0 Å². The quantitative estimate of drug-likeness (QED) is 0.00664. The average molecular weight is 1050 g/mol. The van der Waals surface area contributed by atoms with E-state index in [4.69, 9.17) is 39.9 Å². The number of amides is 4. The van der Waals surface area contributed by atoms with Crippen molar-refractivity contribution >= 4 is 52.1 Å². The van der Waals surface area contributed by atoms with Crippen LogP contribution in [0.5, 0.6) is 0 Å². The van der Waals surface area contributed by atoms with Crippen molar-refractivity contribution in [1.82, 2.24) is 20.9 Å². The van der Waals surface area contributed by atoms with Crippen molar-refractivity contribution in [2.24, 2.45) is 17.4 Å². The lowest BCUT2D eigenvalue weighted by molar-refractivity contribution is -0.503. The minimum absolute atomic E-state index is 0.0274. The molecule has 0 aromatic carbocycles. The number of piperidine rings is 1. The lowest BCUT2D eigenvalue weighted by Gasteiger charge is -2.58. The third kappa shape index (κ3) is 14.3. The van der Waals surface area contributed by atoms with E-state index in [2.05, 4.69) is 20.1 Å². The topological polar surface area (TPSA) is 379 Å². The Bertz CT molecular complexity index is 2110. The van der Waals surface area contributed by atoms with E-state index in [-0.39, 0.29) is 44.6 Å². The van der Waals surface area contributed by atoms with Gasteiger partial charge in [-0.15, -0.1) is 0 Å². The van der Waals surface area contributed by atoms with E-state index in [0.717, 1.165) is 36.8 Å². The van der Waals surface area contributed by atoms with Crippen LogP contribution in [0.4, 0.5) is 4.79 Å². The van der Waals surface area contributed by atoms with Crippen LogP contribution < -0.4 is 27.4 Å². The highest BCUT2D eigenvalue weighted by atomic mass is 32.3. The molecular formula is C45H73N7O19S. The van der Waals surface area contributed by atoms with Gasteiger partial charge in [0.05, 0.1) is 25.2 Å². The molecule has 72 heavy (non-hydrogen) atoms. The van der Waals surface area contributed by atoms with Gasteiger partial charge in [-0.05, 0) is 43.3 Å². The number of alkyl carbamates (subject to hydrolysis) is 1. The lowest BCUT2D eigenvalue weighted by Crippen LogP contribution is -2.80. The molecule has 0 aromatic rings. The zero-order valence-electron chi connectivity index (χ0n) is 41.4. The maximum atomic E-state index is 15.4. The molecule has 3 saturated heterocycles. The number of esters is 2. The second-order valence-corrected chi connectivity index (χ2v) is 20.0. The number of nitrogens with zero attached hydrogens (tertiary/aromatic N) is 2. The fourth-order valence-corrected chi connectivity index (χ4v) is 10.1. The Hall–Kier alpha value is -4.74. The summed E-state index contributed by atoms with van der Waals surface area (Å²) >= 11 is 0. The first-order valence-corrected chi connectivity index (χ1v) is 26.0. The highest BCUT2D eigenvalue weighted by Gasteiger charge is 2.70. The lowest BCUT2D eigenvalue weighted by atomic mass is 9.66. The van der Waals surface area contributed by atoms with E-state index >= 15 is 4.79 Å². The molecule has 0 aromatic heterocycles. The molecule has 5 rings (SSSR count). The summed E-state index contributed by atoms with van der Waals surface area (Å²) in [7, 11) is -4.24. The number of carbonyl (C=O) groups is 6. The van der Waals surface area contributed by atoms with Crippen LogP contribution in [0.3, 0.4) is 0 Å². The number of hydrogen-bond acceptors (Lipinski definition) is 19. The highest BCUT2D eigenvalue weighted by molar-refractivity contribution is 7.80. The van der Waals surface area contributed by atoms with Gasteiger partial charge in [-0.25, -0.2) is 13.2 Å². The van der Waals surface area contributed by atoms with E-state index in [9.17, 15) is 52.3 Å². The predicted octanol–water partition coefficient (Wildman–Crippen LogP) is -2.23. The first-order chi connectivity index (χ1) is 34.1. The van der Waals surface area contributed by atoms with E-state index in [1.807, 2.05) is 19.9 Å². The Morgan fingerprint density at radius 3 is 2.33 bits per heavy atom. The van der Waals surface area contributed by atoms with Crippen LogP contribution >= 0.6 is 0 Å². The number of aliphatic hydroxyl groups is 3. The van der Waals surface area contributed by atoms with Crippen molar-refractivity contribution in [3.05, 3.63) is 11.6 Å². The minimum Gasteiger partial charge on any atom is -0.726 e. The van der Waals surface area contributed by atoms with Gasteiger partial charge >= 0.3 is 24.0 Å². The van der Waals surface area contributed by atoms with Crippen LogP contribution in [0, 0.1) is 5.92 Å². The molecular weight excluding hydrogens is 975 g/mol. The van der Waals surface area contributed by atoms with Crippen LogP contribution in [-0.2, 0) is 67.0 Å². The summed E-state index contributed by atoms with van der Waals surface area (Å²) in [4.78, 5) is 84.1. The number of likely N-dealkylation sites (tertiary alicyclic amines) is 1. The Kier molecular flexibility index (Phi) is 21.0. The summed E-state index contributed by atoms with van der Waals surface area (Å²) in [6.45, 7) is 6.49. The smallest absolute Gasteiger partial charge is 0.408 e. The number of methoxy groups -OCH3 is 1. The number of carbonyl (C=O) groups excluding carboxylic acids is 6. The largest absolute Gasteiger partial charge is 0.726 e. The number of fused-ring (bicyclic) bond motifs is 1. The second-order valence-electron chi connectivity index (χ2n) is 18.9. The van der Waals surface area contributed by atoms with Gasteiger partial charge in [-0.2, -0.15) is 0 Å². The van der Waals surface area contributed by atoms with Crippen LogP contribution in [-0.4, -0.2) is 198 Å². The van der Waals surface area contributed by atoms with Gasteiger partial charge in [0.25, 0.3) is 5.91 Å². The molecule has 14 atom stereocenters. The Morgan fingerprint density at radius 1 is 1.04 bits per heavy atom. The molecule has 1 spiro atoms. The van der Waals surface area contributed by atoms with Crippen LogP contribution in [0.1, 0.15) is 105 Å². The Labute approximate surface area is 418 Å². The molecule has 1 saturated carbocycles. The van der Waals surface area contributed by atoms with E-state index < -0.39 is 144 Å². The molecule has 5 aliphatic rings. The molecule has 408 valence electrons. The summed E-state index contributed by atoms with van der Waals surface area (Å²) in [5.74, 6) is -4.76. The number of aliphatic hydroxyl groups excluding tert-OH is 3. The SMILES string of the molecule is CCCCCC(=O)OC[C@H]1O[C@H](OC2CC3C(O)C4(C2)OC(=O)NC4C(C(=O)NCCC2=CC[N+](=C(N)N)C2)N3C(=O)[C@H](NC(=O)C(COS(=O)(=O)[O-])OC)[C@@H](C)CC)[C@H](OC(=O)CCCCC)[C@@H](O)[C@@H]1O. The Morgan fingerprint density at radius 2 is 1.72 bits per heavy atom. The van der Waals surface area contributed by atoms with E-state index in [1.165, 1.54) is 0 Å². The molecule has 10 N–H and O–H groups in total. The average Bonchev–Trinajstić information content (AvgIpc) is 3.94. The number of guanidine groups is 1. The summed E-state index contributed by atoms with van der Waals surface area (Å²) in [5.41, 5.74) is 10.4. The van der Waals surface area contributed by atoms with Crippen molar-refractivity contribution in [3.8, 4) is 0 Å². The van der Waals surface area contributed by atoms with Crippen molar-refractivity contribution in [2.45, 2.75) is 184 Å². The first kappa shape index (κ1) is 58.2. The summed E-state index contributed by atoms with van der Waals surface area (Å²) in [6.07, 6.45) is -8.22. The van der Waals surface area contributed by atoms with Gasteiger partial charge in [0.2, 0.25) is 22.2 Å². The van der Waals surface area contributed by atoms with Crippen LogP contribution in [0.2, 0.25) is 0 Å². The molecule has 7 unspecified atom stereocenters. The number of hydrogen-bond donors (Lipinski definition) is 8. The van der Waals surface area contributed by atoms with Crippen molar-refractivity contribution < 1.29 is 94.2 Å². The molecule has 1 aliphatic carbocycles. The van der Waals surface area contributed by atoms with Gasteiger partial charge in [-0.1, -0.05) is 59.8 Å². The molecule has 4 heterocycles. The number of nitrogens with two attached hydrogens (primary N) is 2. The van der Waals surface area contributed by atoms with Gasteiger partial charge < -0.3 is 69.1 Å². The fraction of sp³-hybridized carbons (Fsp3) is 0.800. The summed E-state index contributed by atoms with van der Waals surface area (Å²) < 4.78 is 74.6. The minimum atomic E-state index is -5.28. The third-order valence-corrected chi connectivity index (χ3v) is 14.4. The molecule has 26 nitrogen and oxygen atoms in total. The van der Waals surface area contributed by atoms with Crippen molar-refractivity contribution in [1.29, 1.82) is 0 Å². The van der Waals surface area contributed by atoms with E-state index in [1.54, 1.807) is 18.4 Å². The molecule has 4 fully saturated rings. The molecule has 2 bridgehead atoms. The number of ether oxygens (including phenoxy) is 6. The van der Waals surface area contributed by atoms with Crippen LogP contribution in [0.25, 0.3) is 0 Å². The van der Waals surface area contributed by atoms with Gasteiger partial charge in [0.15, 0.2) is 24.1 Å². The van der Waals surface area contributed by atoms with Gasteiger partial charge in [-0.3, -0.25) is 44.2 Å².